The molecule has 1 aromatic heterocycles. The second-order valence-corrected chi connectivity index (χ2v) is 6.35. The smallest absolute Gasteiger partial charge is 0.330 e. The number of aromatic nitrogens is 2. The molecular formula is C16H27N3O6. The van der Waals surface area contributed by atoms with Crippen molar-refractivity contribution in [3.63, 3.8) is 0 Å². The van der Waals surface area contributed by atoms with Crippen molar-refractivity contribution in [3.8, 4) is 0 Å². The Morgan fingerprint density at radius 2 is 2.16 bits per heavy atom. The van der Waals surface area contributed by atoms with E-state index in [0.29, 0.717) is 12.1 Å². The van der Waals surface area contributed by atoms with Gasteiger partial charge in [0.05, 0.1) is 6.61 Å². The highest BCUT2D eigenvalue weighted by Crippen LogP contribution is 2.30. The molecule has 2 heterocycles. The minimum absolute atomic E-state index is 0.381. The molecule has 1 aromatic rings. The number of hydrogen-bond acceptors (Lipinski definition) is 7. The Kier molecular flexibility index (Phi) is 6.91. The maximum atomic E-state index is 12.2. The maximum absolute atomic E-state index is 12.2. The molecule has 0 aromatic carbocycles. The molecule has 142 valence electrons. The highest BCUT2D eigenvalue weighted by atomic mass is 16.6. The third-order valence-corrected chi connectivity index (χ3v) is 4.41. The zero-order valence-corrected chi connectivity index (χ0v) is 14.8. The normalized spacial score (nSPS) is 26.5. The molecule has 1 saturated heterocycles. The van der Waals surface area contributed by atoms with Gasteiger partial charge in [-0.1, -0.05) is 13.3 Å². The molecule has 25 heavy (non-hydrogen) atoms. The van der Waals surface area contributed by atoms with Crippen molar-refractivity contribution < 1.29 is 19.7 Å². The van der Waals surface area contributed by atoms with Gasteiger partial charge in [-0.15, -0.1) is 0 Å². The summed E-state index contributed by atoms with van der Waals surface area (Å²) in [5.41, 5.74) is -0.683. The van der Waals surface area contributed by atoms with Gasteiger partial charge in [0, 0.05) is 25.4 Å². The van der Waals surface area contributed by atoms with E-state index in [-0.39, 0.29) is 0 Å². The highest BCUT2D eigenvalue weighted by molar-refractivity contribution is 5.06. The van der Waals surface area contributed by atoms with E-state index in [1.165, 1.54) is 17.9 Å². The molecule has 0 bridgehead atoms. The van der Waals surface area contributed by atoms with Crippen LogP contribution in [-0.4, -0.2) is 70.3 Å². The summed E-state index contributed by atoms with van der Waals surface area (Å²) in [6.07, 6.45) is -0.194. The highest BCUT2D eigenvalue weighted by Gasteiger charge is 2.45. The predicted molar refractivity (Wildman–Crippen MR) is 90.4 cm³/mol. The van der Waals surface area contributed by atoms with Crippen molar-refractivity contribution in [2.24, 2.45) is 0 Å². The first-order valence-electron chi connectivity index (χ1n) is 8.43. The monoisotopic (exact) mass is 357 g/mol. The minimum Gasteiger partial charge on any atom is -0.394 e. The molecule has 0 radical (unpaired) electrons. The predicted octanol–water partition coefficient (Wildman–Crippen LogP) is -0.966. The molecule has 4 atom stereocenters. The van der Waals surface area contributed by atoms with Crippen LogP contribution in [0.3, 0.4) is 0 Å². The molecule has 1 fully saturated rings. The van der Waals surface area contributed by atoms with Gasteiger partial charge in [-0.3, -0.25) is 14.3 Å². The lowest BCUT2D eigenvalue weighted by Gasteiger charge is -2.22. The summed E-state index contributed by atoms with van der Waals surface area (Å²) in [5, 5.41) is 19.4. The lowest BCUT2D eigenvalue weighted by atomic mass is 10.1. The van der Waals surface area contributed by atoms with Crippen LogP contribution in [0.25, 0.3) is 0 Å². The van der Waals surface area contributed by atoms with Crippen LogP contribution in [0.5, 0.6) is 0 Å². The van der Waals surface area contributed by atoms with Crippen LogP contribution < -0.4 is 11.2 Å². The van der Waals surface area contributed by atoms with Crippen LogP contribution in [0.4, 0.5) is 0 Å². The third-order valence-electron chi connectivity index (χ3n) is 4.41. The first-order valence-corrected chi connectivity index (χ1v) is 8.43. The Bertz CT molecular complexity index is 673. The van der Waals surface area contributed by atoms with Gasteiger partial charge in [0.1, 0.15) is 18.3 Å². The van der Waals surface area contributed by atoms with E-state index in [1.54, 1.807) is 0 Å². The summed E-state index contributed by atoms with van der Waals surface area (Å²) in [7, 11) is 3.29. The summed E-state index contributed by atoms with van der Waals surface area (Å²) in [6, 6.07) is 0. The van der Waals surface area contributed by atoms with Gasteiger partial charge in [0.2, 0.25) is 0 Å². The number of unbranched alkanes of at least 4 members (excludes halogenated alkanes) is 1. The van der Waals surface area contributed by atoms with Gasteiger partial charge in [-0.25, -0.2) is 4.79 Å². The lowest BCUT2D eigenvalue weighted by Crippen LogP contribution is -2.40. The van der Waals surface area contributed by atoms with Crippen LogP contribution in [0.1, 0.15) is 31.6 Å². The Hall–Kier alpha value is -1.52. The SMILES string of the molecule is CCCCN(C)Cc1cn(C2OC(CO)C(O)C2OC)c(=O)[nH]c1=O. The number of H-pyrrole nitrogens is 1. The van der Waals surface area contributed by atoms with Gasteiger partial charge >= 0.3 is 5.69 Å². The second-order valence-electron chi connectivity index (χ2n) is 6.35. The third kappa shape index (κ3) is 4.36. The number of aromatic amines is 1. The van der Waals surface area contributed by atoms with E-state index < -0.39 is 42.4 Å². The van der Waals surface area contributed by atoms with Crippen molar-refractivity contribution in [1.29, 1.82) is 0 Å². The molecule has 9 nitrogen and oxygen atoms in total. The summed E-state index contributed by atoms with van der Waals surface area (Å²) in [5.74, 6) is 0. The van der Waals surface area contributed by atoms with Gasteiger partial charge in [-0.2, -0.15) is 0 Å². The van der Waals surface area contributed by atoms with E-state index in [1.807, 2.05) is 11.9 Å². The van der Waals surface area contributed by atoms with Crippen LogP contribution in [0, 0.1) is 0 Å². The van der Waals surface area contributed by atoms with E-state index in [0.717, 1.165) is 19.4 Å². The van der Waals surface area contributed by atoms with Crippen molar-refractivity contribution in [3.05, 3.63) is 32.6 Å². The molecule has 1 aliphatic rings. The molecule has 0 spiro atoms. The van der Waals surface area contributed by atoms with Gasteiger partial charge in [0.15, 0.2) is 6.23 Å². The summed E-state index contributed by atoms with van der Waals surface area (Å²) in [4.78, 5) is 28.6. The molecule has 9 heteroatoms. The number of ether oxygens (including phenoxy) is 2. The zero-order valence-electron chi connectivity index (χ0n) is 14.8. The molecule has 0 amide bonds. The topological polar surface area (TPSA) is 117 Å². The van der Waals surface area contributed by atoms with Crippen LogP contribution >= 0.6 is 0 Å². The van der Waals surface area contributed by atoms with E-state index in [2.05, 4.69) is 11.9 Å². The summed E-state index contributed by atoms with van der Waals surface area (Å²) in [6.45, 7) is 2.90. The largest absolute Gasteiger partial charge is 0.394 e. The van der Waals surface area contributed by atoms with Crippen LogP contribution in [0.15, 0.2) is 15.8 Å². The number of aliphatic hydroxyl groups is 2. The van der Waals surface area contributed by atoms with Gasteiger partial charge < -0.3 is 24.6 Å². The van der Waals surface area contributed by atoms with Gasteiger partial charge in [-0.05, 0) is 20.0 Å². The number of hydrogen-bond donors (Lipinski definition) is 3. The average molecular weight is 357 g/mol. The summed E-state index contributed by atoms with van der Waals surface area (Å²) < 4.78 is 12.0. The lowest BCUT2D eigenvalue weighted by molar-refractivity contribution is -0.0627. The van der Waals surface area contributed by atoms with Crippen LogP contribution in [-0.2, 0) is 16.0 Å². The molecule has 3 N–H and O–H groups in total. The minimum atomic E-state index is -1.07. The standard InChI is InChI=1S/C16H27N3O6/c1-4-5-6-18(2)7-10-8-19(16(23)17-14(10)22)15-13(24-3)12(21)11(9-20)25-15/h8,11-13,15,20-21H,4-7,9H2,1-3H3,(H,17,22,23). The fraction of sp³-hybridized carbons (Fsp3) is 0.750. The van der Waals surface area contributed by atoms with E-state index in [4.69, 9.17) is 9.47 Å². The van der Waals surface area contributed by atoms with E-state index in [9.17, 15) is 19.8 Å². The molecule has 1 aliphatic heterocycles. The summed E-state index contributed by atoms with van der Waals surface area (Å²) >= 11 is 0. The first-order chi connectivity index (χ1) is 11.9. The average Bonchev–Trinajstić information content (AvgIpc) is 2.90. The van der Waals surface area contributed by atoms with Crippen molar-refractivity contribution in [2.45, 2.75) is 50.8 Å². The Labute approximate surface area is 145 Å². The number of methoxy groups -OCH3 is 1. The van der Waals surface area contributed by atoms with Crippen molar-refractivity contribution >= 4 is 0 Å². The zero-order chi connectivity index (χ0) is 18.6. The number of rotatable bonds is 8. The molecule has 4 unspecified atom stereocenters. The second kappa shape index (κ2) is 8.72. The first kappa shape index (κ1) is 19.8. The maximum Gasteiger partial charge on any atom is 0.330 e. The molecule has 0 aliphatic carbocycles. The Balaban J connectivity index is 2.30. The molecule has 2 rings (SSSR count). The molecular weight excluding hydrogens is 330 g/mol. The quantitative estimate of drug-likeness (QED) is 0.548. The fourth-order valence-corrected chi connectivity index (χ4v) is 2.97. The van der Waals surface area contributed by atoms with Crippen molar-refractivity contribution in [2.75, 3.05) is 27.3 Å². The van der Waals surface area contributed by atoms with Crippen molar-refractivity contribution in [1.82, 2.24) is 14.5 Å². The van der Waals surface area contributed by atoms with Crippen LogP contribution in [0.2, 0.25) is 0 Å². The Morgan fingerprint density at radius 1 is 1.44 bits per heavy atom. The fourth-order valence-electron chi connectivity index (χ4n) is 2.97. The van der Waals surface area contributed by atoms with E-state index >= 15 is 0 Å². The number of aliphatic hydroxyl groups excluding tert-OH is 2. The molecule has 0 saturated carbocycles. The van der Waals surface area contributed by atoms with Gasteiger partial charge in [0.25, 0.3) is 5.56 Å². The number of nitrogens with one attached hydrogen (secondary N) is 1. The number of nitrogens with zero attached hydrogens (tertiary/aromatic N) is 2. The Morgan fingerprint density at radius 3 is 2.76 bits per heavy atom.